The van der Waals surface area contributed by atoms with Gasteiger partial charge in [0.05, 0.1) is 17.7 Å². The van der Waals surface area contributed by atoms with Gasteiger partial charge in [-0.15, -0.1) is 11.3 Å². The third kappa shape index (κ3) is 2.44. The van der Waals surface area contributed by atoms with Crippen LogP contribution in [-0.2, 0) is 19.1 Å². The van der Waals surface area contributed by atoms with Crippen LogP contribution in [0.4, 0.5) is 10.1 Å². The van der Waals surface area contributed by atoms with Gasteiger partial charge in [-0.2, -0.15) is 0 Å². The number of benzene rings is 1. The number of anilines is 1. The molecule has 4 atom stereocenters. The number of amides is 2. The Morgan fingerprint density at radius 2 is 1.96 bits per heavy atom. The van der Waals surface area contributed by atoms with Gasteiger partial charge in [0.2, 0.25) is 17.4 Å². The van der Waals surface area contributed by atoms with Crippen LogP contribution >= 0.6 is 11.3 Å². The number of fused-ring (bicyclic) bond motifs is 1. The van der Waals surface area contributed by atoms with Crippen LogP contribution < -0.4 is 10.2 Å². The van der Waals surface area contributed by atoms with E-state index in [9.17, 15) is 18.8 Å². The Labute approximate surface area is 158 Å². The number of imide groups is 1. The number of para-hydroxylation sites is 1. The highest BCUT2D eigenvalue weighted by molar-refractivity contribution is 7.10. The van der Waals surface area contributed by atoms with Crippen LogP contribution in [0.25, 0.3) is 0 Å². The second-order valence-electron chi connectivity index (χ2n) is 6.95. The number of halogens is 1. The number of hydrogen-bond acceptors (Lipinski definition) is 5. The van der Waals surface area contributed by atoms with E-state index in [1.54, 1.807) is 18.3 Å². The summed E-state index contributed by atoms with van der Waals surface area (Å²) in [5.41, 5.74) is -1.35. The topological polar surface area (TPSA) is 80.3 Å². The molecule has 2 aliphatic heterocycles. The Morgan fingerprint density at radius 1 is 1.22 bits per heavy atom. The third-order valence-electron chi connectivity index (χ3n) is 5.50. The zero-order valence-corrected chi connectivity index (χ0v) is 15.5. The zero-order chi connectivity index (χ0) is 19.3. The molecule has 2 fully saturated rings. The number of nitrogens with two attached hydrogens (primary N) is 1. The number of nitrogens with zero attached hydrogens (tertiary/aromatic N) is 1. The number of rotatable bonds is 3. The number of carbonyl (C=O) groups is 3. The van der Waals surface area contributed by atoms with Crippen LogP contribution in [0.15, 0.2) is 41.8 Å². The molecule has 2 amide bonds. The Balaban J connectivity index is 1.84. The van der Waals surface area contributed by atoms with E-state index >= 15 is 0 Å². The summed E-state index contributed by atoms with van der Waals surface area (Å²) in [7, 11) is 1.25. The van der Waals surface area contributed by atoms with E-state index in [4.69, 9.17) is 4.74 Å². The Morgan fingerprint density at radius 3 is 2.59 bits per heavy atom. The van der Waals surface area contributed by atoms with E-state index in [1.807, 2.05) is 17.5 Å². The van der Waals surface area contributed by atoms with E-state index in [1.165, 1.54) is 36.6 Å². The average Bonchev–Trinajstić information content (AvgIpc) is 3.34. The first kappa shape index (κ1) is 17.8. The first-order valence-electron chi connectivity index (χ1n) is 8.50. The van der Waals surface area contributed by atoms with Gasteiger partial charge in [-0.25, -0.2) is 14.1 Å². The molecule has 27 heavy (non-hydrogen) atoms. The van der Waals surface area contributed by atoms with Crippen LogP contribution in [0.1, 0.15) is 17.8 Å². The second-order valence-corrected chi connectivity index (χ2v) is 7.93. The lowest BCUT2D eigenvalue weighted by Crippen LogP contribution is -2.97. The molecule has 1 aromatic heterocycles. The number of carbonyl (C=O) groups excluding carboxylic acids is 3. The minimum Gasteiger partial charge on any atom is -0.464 e. The van der Waals surface area contributed by atoms with E-state index in [2.05, 4.69) is 0 Å². The number of quaternary nitrogens is 1. The molecule has 0 bridgehead atoms. The molecule has 6 nitrogen and oxygen atoms in total. The van der Waals surface area contributed by atoms with Crippen molar-refractivity contribution in [1.82, 2.24) is 0 Å². The predicted molar refractivity (Wildman–Crippen MR) is 95.3 cm³/mol. The quantitative estimate of drug-likeness (QED) is 0.633. The Kier molecular flexibility index (Phi) is 4.12. The zero-order valence-electron chi connectivity index (χ0n) is 14.7. The van der Waals surface area contributed by atoms with Gasteiger partial charge in [0, 0.05) is 6.92 Å². The fraction of sp³-hybridized carbons (Fsp3) is 0.316. The molecule has 4 rings (SSSR count). The maximum Gasteiger partial charge on any atom is 0.368 e. The first-order chi connectivity index (χ1) is 12.9. The van der Waals surface area contributed by atoms with Crippen molar-refractivity contribution in [3.05, 3.63) is 52.5 Å². The summed E-state index contributed by atoms with van der Waals surface area (Å²) >= 11 is 1.45. The van der Waals surface area contributed by atoms with Crippen molar-refractivity contribution in [3.63, 3.8) is 0 Å². The van der Waals surface area contributed by atoms with E-state index < -0.39 is 47.0 Å². The standard InChI is InChI=1S/C19H17FN2O4S/c1-19(18(25)26-2)14-13(15(21-19)12-8-5-9-27-12)16(23)22(17(14)24)11-7-4-3-6-10(11)20/h3-9,13-15,21H,1-2H3/p+1/t13-,14+,15-,19-/m0/s1. The number of thiophene rings is 1. The average molecular weight is 389 g/mol. The van der Waals surface area contributed by atoms with E-state index in [-0.39, 0.29) is 5.69 Å². The summed E-state index contributed by atoms with van der Waals surface area (Å²) in [6.07, 6.45) is 0. The molecule has 1 aromatic carbocycles. The maximum atomic E-state index is 14.3. The van der Waals surface area contributed by atoms with Crippen molar-refractivity contribution < 1.29 is 28.8 Å². The molecule has 0 radical (unpaired) electrons. The number of ether oxygens (including phenoxy) is 1. The lowest BCUT2D eigenvalue weighted by molar-refractivity contribution is -0.730. The van der Waals surface area contributed by atoms with Crippen molar-refractivity contribution in [2.24, 2.45) is 11.8 Å². The van der Waals surface area contributed by atoms with Gasteiger partial charge in [-0.05, 0) is 23.6 Å². The fourth-order valence-electron chi connectivity index (χ4n) is 4.29. The largest absolute Gasteiger partial charge is 0.464 e. The summed E-state index contributed by atoms with van der Waals surface area (Å²) in [4.78, 5) is 40.8. The number of methoxy groups -OCH3 is 1. The Hall–Kier alpha value is -2.58. The molecule has 0 saturated carbocycles. The van der Waals surface area contributed by atoms with Crippen molar-refractivity contribution in [3.8, 4) is 0 Å². The van der Waals surface area contributed by atoms with Gasteiger partial charge in [0.15, 0.2) is 0 Å². The lowest BCUT2D eigenvalue weighted by atomic mass is 9.81. The lowest BCUT2D eigenvalue weighted by Gasteiger charge is -2.25. The molecule has 2 aliphatic rings. The van der Waals surface area contributed by atoms with Gasteiger partial charge >= 0.3 is 5.97 Å². The molecule has 2 saturated heterocycles. The van der Waals surface area contributed by atoms with Gasteiger partial charge in [0.1, 0.15) is 23.7 Å². The second kappa shape index (κ2) is 6.24. The molecule has 140 valence electrons. The van der Waals surface area contributed by atoms with Crippen molar-refractivity contribution in [2.45, 2.75) is 18.5 Å². The summed E-state index contributed by atoms with van der Waals surface area (Å²) in [6.45, 7) is 1.61. The van der Waals surface area contributed by atoms with Crippen LogP contribution in [0.5, 0.6) is 0 Å². The molecular weight excluding hydrogens is 371 g/mol. The molecule has 0 aliphatic carbocycles. The van der Waals surface area contributed by atoms with Crippen LogP contribution in [-0.4, -0.2) is 30.4 Å². The monoisotopic (exact) mass is 389 g/mol. The van der Waals surface area contributed by atoms with Gasteiger partial charge in [-0.1, -0.05) is 18.2 Å². The summed E-state index contributed by atoms with van der Waals surface area (Å²) in [6, 6.07) is 8.97. The minimum absolute atomic E-state index is 0.0842. The van der Waals surface area contributed by atoms with Crippen molar-refractivity contribution in [2.75, 3.05) is 12.0 Å². The molecule has 2 N–H and O–H groups in total. The molecule has 0 spiro atoms. The highest BCUT2D eigenvalue weighted by atomic mass is 32.1. The summed E-state index contributed by atoms with van der Waals surface area (Å²) in [5, 5.41) is 3.62. The smallest absolute Gasteiger partial charge is 0.368 e. The fourth-order valence-corrected chi connectivity index (χ4v) is 5.13. The molecule has 3 heterocycles. The number of hydrogen-bond donors (Lipinski definition) is 1. The third-order valence-corrected chi connectivity index (χ3v) is 6.47. The normalized spacial score (nSPS) is 29.9. The highest BCUT2D eigenvalue weighted by Gasteiger charge is 2.71. The van der Waals surface area contributed by atoms with Gasteiger partial charge in [0.25, 0.3) is 0 Å². The summed E-state index contributed by atoms with van der Waals surface area (Å²) in [5.74, 6) is -3.98. The first-order valence-corrected chi connectivity index (χ1v) is 9.38. The predicted octanol–water partition coefficient (Wildman–Crippen LogP) is 1.24. The molecule has 2 aromatic rings. The summed E-state index contributed by atoms with van der Waals surface area (Å²) < 4.78 is 19.2. The van der Waals surface area contributed by atoms with Crippen LogP contribution in [0.2, 0.25) is 0 Å². The minimum atomic E-state index is -1.26. The number of esters is 1. The van der Waals surface area contributed by atoms with E-state index in [0.717, 1.165) is 9.78 Å². The molecule has 0 unspecified atom stereocenters. The molecule has 8 heteroatoms. The van der Waals surface area contributed by atoms with Crippen molar-refractivity contribution >= 4 is 34.8 Å². The van der Waals surface area contributed by atoms with Gasteiger partial charge in [-0.3, -0.25) is 9.59 Å². The Bertz CT molecular complexity index is 932. The molecular formula is C19H18FN2O4S+. The van der Waals surface area contributed by atoms with Crippen LogP contribution in [0, 0.1) is 17.7 Å². The highest BCUT2D eigenvalue weighted by Crippen LogP contribution is 2.46. The van der Waals surface area contributed by atoms with Crippen molar-refractivity contribution in [1.29, 1.82) is 0 Å². The van der Waals surface area contributed by atoms with Crippen LogP contribution in [0.3, 0.4) is 0 Å². The maximum absolute atomic E-state index is 14.3. The SMILES string of the molecule is COC(=O)[C@@]1(C)[NH2+][C@@H](c2cccs2)[C@H]2C(=O)N(c3ccccc3F)C(=O)[C@@H]21. The van der Waals surface area contributed by atoms with E-state index in [0.29, 0.717) is 0 Å². The van der Waals surface area contributed by atoms with Gasteiger partial charge < -0.3 is 10.1 Å².